The summed E-state index contributed by atoms with van der Waals surface area (Å²) in [6.07, 6.45) is 0.609. The number of amides is 2. The maximum atomic E-state index is 11.1. The summed E-state index contributed by atoms with van der Waals surface area (Å²) in [6.45, 7) is 0.759. The third-order valence-corrected chi connectivity index (χ3v) is 2.31. The lowest BCUT2D eigenvalue weighted by molar-refractivity contribution is -0.122. The number of β-lactam (4-membered cyclic amide) rings is 1. The summed E-state index contributed by atoms with van der Waals surface area (Å²) < 4.78 is 0. The minimum atomic E-state index is -0.452. The molecule has 4 heteroatoms. The number of carbonyl (C=O) groups excluding carboxylic acids is 2. The van der Waals surface area contributed by atoms with Gasteiger partial charge in [0.2, 0.25) is 11.8 Å². The van der Waals surface area contributed by atoms with Gasteiger partial charge in [0.25, 0.3) is 0 Å². The summed E-state index contributed by atoms with van der Waals surface area (Å²) >= 11 is 0. The first-order valence-corrected chi connectivity index (χ1v) is 4.39. The second-order valence-corrected chi connectivity index (χ2v) is 3.21. The van der Waals surface area contributed by atoms with Crippen molar-refractivity contribution in [3.8, 4) is 0 Å². The molecule has 2 N–H and O–H groups in total. The highest BCUT2D eigenvalue weighted by Gasteiger charge is 2.24. The van der Waals surface area contributed by atoms with Gasteiger partial charge >= 0.3 is 0 Å². The molecule has 0 unspecified atom stereocenters. The van der Waals surface area contributed by atoms with Gasteiger partial charge < -0.3 is 10.6 Å². The number of nitrogens with two attached hydrogens (primary N) is 1. The van der Waals surface area contributed by atoms with Crippen LogP contribution in [0.1, 0.15) is 16.8 Å². The zero-order chi connectivity index (χ0) is 10.1. The molecule has 4 nitrogen and oxygen atoms in total. The van der Waals surface area contributed by atoms with Crippen molar-refractivity contribution in [3.05, 3.63) is 29.8 Å². The van der Waals surface area contributed by atoms with E-state index in [1.807, 2.05) is 0 Å². The monoisotopic (exact) mass is 190 g/mol. The number of carbonyl (C=O) groups is 2. The van der Waals surface area contributed by atoms with E-state index in [-0.39, 0.29) is 5.91 Å². The van der Waals surface area contributed by atoms with Crippen molar-refractivity contribution in [2.45, 2.75) is 6.42 Å². The van der Waals surface area contributed by atoms with Crippen molar-refractivity contribution in [3.63, 3.8) is 0 Å². The highest BCUT2D eigenvalue weighted by molar-refractivity contribution is 6.00. The van der Waals surface area contributed by atoms with E-state index in [0.717, 1.165) is 12.2 Å². The Balaban J connectivity index is 2.21. The van der Waals surface area contributed by atoms with Crippen molar-refractivity contribution >= 4 is 17.5 Å². The van der Waals surface area contributed by atoms with Crippen LogP contribution in [0.25, 0.3) is 0 Å². The van der Waals surface area contributed by atoms with Gasteiger partial charge in [-0.2, -0.15) is 0 Å². The Morgan fingerprint density at radius 3 is 2.29 bits per heavy atom. The molecule has 0 spiro atoms. The number of anilines is 1. The van der Waals surface area contributed by atoms with Gasteiger partial charge in [-0.15, -0.1) is 0 Å². The molecule has 72 valence electrons. The van der Waals surface area contributed by atoms with Crippen LogP contribution >= 0.6 is 0 Å². The van der Waals surface area contributed by atoms with E-state index in [1.165, 1.54) is 0 Å². The highest BCUT2D eigenvalue weighted by Crippen LogP contribution is 2.21. The lowest BCUT2D eigenvalue weighted by atomic mass is 10.1. The fraction of sp³-hybridized carbons (Fsp3) is 0.200. The van der Waals surface area contributed by atoms with Crippen LogP contribution in [0.3, 0.4) is 0 Å². The third-order valence-electron chi connectivity index (χ3n) is 2.31. The number of hydrogen-bond acceptors (Lipinski definition) is 2. The largest absolute Gasteiger partial charge is 0.366 e. The van der Waals surface area contributed by atoms with Gasteiger partial charge in [0.1, 0.15) is 0 Å². The molecule has 1 fully saturated rings. The van der Waals surface area contributed by atoms with Crippen molar-refractivity contribution in [1.82, 2.24) is 0 Å². The van der Waals surface area contributed by atoms with E-state index in [2.05, 4.69) is 0 Å². The Morgan fingerprint density at radius 2 is 1.93 bits per heavy atom. The molecule has 1 heterocycles. The highest BCUT2D eigenvalue weighted by atomic mass is 16.2. The van der Waals surface area contributed by atoms with E-state index < -0.39 is 5.91 Å². The fourth-order valence-corrected chi connectivity index (χ4v) is 1.39. The molecule has 1 aliphatic rings. The zero-order valence-electron chi connectivity index (χ0n) is 7.56. The first-order valence-electron chi connectivity index (χ1n) is 4.39. The fourth-order valence-electron chi connectivity index (χ4n) is 1.39. The maximum Gasteiger partial charge on any atom is 0.248 e. The average molecular weight is 190 g/mol. The topological polar surface area (TPSA) is 63.4 Å². The van der Waals surface area contributed by atoms with Crippen molar-refractivity contribution in [2.24, 2.45) is 5.73 Å². The third kappa shape index (κ3) is 1.35. The van der Waals surface area contributed by atoms with Gasteiger partial charge in [0, 0.05) is 24.2 Å². The summed E-state index contributed by atoms with van der Waals surface area (Å²) in [5.41, 5.74) is 6.38. The van der Waals surface area contributed by atoms with Crippen molar-refractivity contribution in [1.29, 1.82) is 0 Å². The molecule has 1 aliphatic heterocycles. The lowest BCUT2D eigenvalue weighted by Gasteiger charge is -2.30. The molecule has 2 amide bonds. The first-order chi connectivity index (χ1) is 6.68. The van der Waals surface area contributed by atoms with Gasteiger partial charge in [-0.1, -0.05) is 0 Å². The van der Waals surface area contributed by atoms with Crippen LogP contribution in [0.5, 0.6) is 0 Å². The molecule has 0 aromatic heterocycles. The number of primary amides is 1. The van der Waals surface area contributed by atoms with Gasteiger partial charge in [-0.3, -0.25) is 9.59 Å². The molecule has 0 saturated carbocycles. The minimum absolute atomic E-state index is 0.122. The average Bonchev–Trinajstić information content (AvgIpc) is 2.16. The molecule has 0 aliphatic carbocycles. The summed E-state index contributed by atoms with van der Waals surface area (Å²) in [5.74, 6) is -0.330. The Morgan fingerprint density at radius 1 is 1.29 bits per heavy atom. The summed E-state index contributed by atoms with van der Waals surface area (Å²) in [7, 11) is 0. The maximum absolute atomic E-state index is 11.1. The van der Waals surface area contributed by atoms with Crippen LogP contribution in [0.15, 0.2) is 24.3 Å². The van der Waals surface area contributed by atoms with Crippen LogP contribution in [0.4, 0.5) is 5.69 Å². The molecular weight excluding hydrogens is 180 g/mol. The predicted molar refractivity (Wildman–Crippen MR) is 51.9 cm³/mol. The predicted octanol–water partition coefficient (Wildman–Crippen LogP) is 0.522. The van der Waals surface area contributed by atoms with Gasteiger partial charge in [0.15, 0.2) is 0 Å². The molecule has 0 bridgehead atoms. The van der Waals surface area contributed by atoms with Crippen LogP contribution in [0, 0.1) is 0 Å². The van der Waals surface area contributed by atoms with E-state index in [4.69, 9.17) is 5.73 Å². The van der Waals surface area contributed by atoms with Gasteiger partial charge in [-0.25, -0.2) is 0 Å². The Hall–Kier alpha value is -1.84. The van der Waals surface area contributed by atoms with E-state index in [1.54, 1.807) is 29.2 Å². The molecule has 1 saturated heterocycles. The first kappa shape index (κ1) is 8.74. The Labute approximate surface area is 81.3 Å². The molecule has 0 radical (unpaired) electrons. The van der Waals surface area contributed by atoms with Crippen LogP contribution in [0.2, 0.25) is 0 Å². The summed E-state index contributed by atoms with van der Waals surface area (Å²) in [5, 5.41) is 0. The molecule has 0 atom stereocenters. The molecule has 2 rings (SSSR count). The molecular formula is C10H10N2O2. The minimum Gasteiger partial charge on any atom is -0.366 e. The summed E-state index contributed by atoms with van der Waals surface area (Å²) in [6, 6.07) is 6.72. The zero-order valence-corrected chi connectivity index (χ0v) is 7.56. The molecule has 14 heavy (non-hydrogen) atoms. The Kier molecular flexibility index (Phi) is 1.96. The standard InChI is InChI=1S/C10H10N2O2/c11-10(14)7-1-3-8(4-2-7)12-6-5-9(12)13/h1-4H,5-6H2,(H2,11,14). The smallest absolute Gasteiger partial charge is 0.248 e. The van der Waals surface area contributed by atoms with Crippen LogP contribution in [-0.2, 0) is 4.79 Å². The van der Waals surface area contributed by atoms with Gasteiger partial charge in [-0.05, 0) is 24.3 Å². The second-order valence-electron chi connectivity index (χ2n) is 3.21. The SMILES string of the molecule is NC(=O)c1ccc(N2CCC2=O)cc1. The molecule has 1 aromatic rings. The van der Waals surface area contributed by atoms with Crippen LogP contribution in [-0.4, -0.2) is 18.4 Å². The molecule has 1 aromatic carbocycles. The van der Waals surface area contributed by atoms with Crippen molar-refractivity contribution in [2.75, 3.05) is 11.4 Å². The van der Waals surface area contributed by atoms with Crippen LogP contribution < -0.4 is 10.6 Å². The van der Waals surface area contributed by atoms with E-state index in [0.29, 0.717) is 12.0 Å². The van der Waals surface area contributed by atoms with Crippen molar-refractivity contribution < 1.29 is 9.59 Å². The number of rotatable bonds is 2. The normalized spacial score (nSPS) is 15.1. The number of hydrogen-bond donors (Lipinski definition) is 1. The van der Waals surface area contributed by atoms with E-state index in [9.17, 15) is 9.59 Å². The Bertz CT molecular complexity index is 384. The summed E-state index contributed by atoms with van der Waals surface area (Å²) in [4.78, 5) is 23.5. The number of benzene rings is 1. The number of nitrogens with zero attached hydrogens (tertiary/aromatic N) is 1. The van der Waals surface area contributed by atoms with E-state index >= 15 is 0 Å². The lowest BCUT2D eigenvalue weighted by Crippen LogP contribution is -2.43. The second kappa shape index (κ2) is 3.14. The quantitative estimate of drug-likeness (QED) is 0.691. The van der Waals surface area contributed by atoms with Gasteiger partial charge in [0.05, 0.1) is 0 Å².